The molecule has 2 bridgehead atoms. The largest absolute Gasteiger partial charge is 0.380 e. The van der Waals surface area contributed by atoms with Crippen molar-refractivity contribution in [1.29, 1.82) is 0 Å². The fourth-order valence-electron chi connectivity index (χ4n) is 4.87. The molecule has 2 N–H and O–H groups in total. The summed E-state index contributed by atoms with van der Waals surface area (Å²) in [4.78, 5) is 31.1. The Labute approximate surface area is 194 Å². The molecule has 2 aliphatic carbocycles. The van der Waals surface area contributed by atoms with Crippen LogP contribution in [-0.4, -0.2) is 49.9 Å². The molecule has 1 aliphatic heterocycles. The third kappa shape index (κ3) is 4.39. The predicted octanol–water partition coefficient (Wildman–Crippen LogP) is 1.92. The number of carbonyl (C=O) groups is 2. The molecule has 4 atom stereocenters. The minimum Gasteiger partial charge on any atom is -0.380 e. The molecular weight excluding hydrogens is 495 g/mol. The third-order valence-electron chi connectivity index (χ3n) is 6.18. The second-order valence-corrected chi connectivity index (χ2v) is 7.93. The molecule has 1 aromatic rings. The van der Waals surface area contributed by atoms with Crippen LogP contribution in [0.3, 0.4) is 0 Å². The van der Waals surface area contributed by atoms with Crippen LogP contribution in [0.25, 0.3) is 0 Å². The van der Waals surface area contributed by atoms with Gasteiger partial charge in [0.25, 0.3) is 0 Å². The van der Waals surface area contributed by atoms with E-state index in [0.717, 1.165) is 17.5 Å². The van der Waals surface area contributed by atoms with Gasteiger partial charge in [0.2, 0.25) is 11.8 Å². The number of imide groups is 1. The molecule has 7 nitrogen and oxygen atoms in total. The molecule has 1 aromatic carbocycles. The Bertz CT molecular complexity index is 827. The number of fused-ring (bicyclic) bond motifs is 5. The van der Waals surface area contributed by atoms with Crippen LogP contribution in [0.4, 0.5) is 0 Å². The lowest BCUT2D eigenvalue weighted by Gasteiger charge is -2.18. The van der Waals surface area contributed by atoms with Crippen LogP contribution in [0, 0.1) is 23.7 Å². The number of guanidine groups is 1. The molecule has 0 radical (unpaired) electrons. The van der Waals surface area contributed by atoms with E-state index in [1.165, 1.54) is 4.90 Å². The Balaban J connectivity index is 0.00000256. The Morgan fingerprint density at radius 3 is 2.43 bits per heavy atom. The van der Waals surface area contributed by atoms with E-state index in [-0.39, 0.29) is 59.5 Å². The monoisotopic (exact) mass is 524 g/mol. The number of hydrogen-bond donors (Lipinski definition) is 2. The molecule has 8 heteroatoms. The Hall–Kier alpha value is -1.94. The second-order valence-electron chi connectivity index (χ2n) is 7.93. The minimum absolute atomic E-state index is 0. The van der Waals surface area contributed by atoms with Crippen LogP contribution >= 0.6 is 24.0 Å². The number of allylic oxidation sites excluding steroid dienone is 2. The summed E-state index contributed by atoms with van der Waals surface area (Å²) in [6.07, 6.45) is 5.19. The molecule has 0 aromatic heterocycles. The predicted molar refractivity (Wildman–Crippen MR) is 125 cm³/mol. The lowest BCUT2D eigenvalue weighted by Crippen LogP contribution is -2.43. The average molecular weight is 524 g/mol. The average Bonchev–Trinajstić information content (AvgIpc) is 3.40. The Kier molecular flexibility index (Phi) is 7.51. The number of methoxy groups -OCH3 is 1. The van der Waals surface area contributed by atoms with Gasteiger partial charge in [0.15, 0.2) is 5.96 Å². The van der Waals surface area contributed by atoms with Crippen molar-refractivity contribution in [1.82, 2.24) is 15.5 Å². The number of hydrogen-bond acceptors (Lipinski definition) is 4. The van der Waals surface area contributed by atoms with E-state index in [1.54, 1.807) is 14.2 Å². The van der Waals surface area contributed by atoms with Crippen molar-refractivity contribution in [2.75, 3.05) is 27.2 Å². The molecule has 2 fully saturated rings. The van der Waals surface area contributed by atoms with Crippen LogP contribution in [-0.2, 0) is 27.5 Å². The first-order valence-electron chi connectivity index (χ1n) is 10.2. The van der Waals surface area contributed by atoms with Crippen molar-refractivity contribution in [2.45, 2.75) is 19.6 Å². The lowest BCUT2D eigenvalue weighted by molar-refractivity contribution is -0.140. The van der Waals surface area contributed by atoms with E-state index < -0.39 is 0 Å². The SMILES string of the molecule is CN=C(NCCN1C(=O)C2C3C=CC(C3)C2C1=O)NCc1cccc(COC)c1.I. The van der Waals surface area contributed by atoms with Crippen LogP contribution in [0.1, 0.15) is 17.5 Å². The van der Waals surface area contributed by atoms with Gasteiger partial charge >= 0.3 is 0 Å². The van der Waals surface area contributed by atoms with Crippen molar-refractivity contribution >= 4 is 41.8 Å². The van der Waals surface area contributed by atoms with Gasteiger partial charge < -0.3 is 15.4 Å². The first kappa shape index (κ1) is 22.7. The molecule has 1 saturated carbocycles. The van der Waals surface area contributed by atoms with Crippen molar-refractivity contribution in [2.24, 2.45) is 28.7 Å². The highest BCUT2D eigenvalue weighted by atomic mass is 127. The summed E-state index contributed by atoms with van der Waals surface area (Å²) < 4.78 is 5.17. The van der Waals surface area contributed by atoms with E-state index >= 15 is 0 Å². The second kappa shape index (κ2) is 9.91. The number of rotatable bonds is 7. The zero-order valence-electron chi connectivity index (χ0n) is 17.3. The molecule has 162 valence electrons. The minimum atomic E-state index is -0.130. The molecule has 1 heterocycles. The number of likely N-dealkylation sites (tertiary alicyclic amines) is 1. The molecule has 1 saturated heterocycles. The van der Waals surface area contributed by atoms with E-state index in [2.05, 4.69) is 33.8 Å². The van der Waals surface area contributed by atoms with Gasteiger partial charge in [-0.05, 0) is 29.4 Å². The molecule has 30 heavy (non-hydrogen) atoms. The first-order chi connectivity index (χ1) is 14.1. The van der Waals surface area contributed by atoms with Crippen LogP contribution < -0.4 is 10.6 Å². The molecular formula is C22H29IN4O3. The number of benzene rings is 1. The summed E-state index contributed by atoms with van der Waals surface area (Å²) in [5.74, 6) is 0.880. The van der Waals surface area contributed by atoms with Crippen LogP contribution in [0.2, 0.25) is 0 Å². The van der Waals surface area contributed by atoms with Crippen molar-refractivity contribution in [3.8, 4) is 0 Å². The molecule has 2 amide bonds. The standard InChI is InChI=1S/C22H28N4O3.HI/c1-23-22(25-12-14-4-3-5-15(10-14)13-29-2)24-8-9-26-20(27)18-16-6-7-17(11-16)19(18)21(26)28;/h3-7,10,16-19H,8-9,11-13H2,1-2H3,(H2,23,24,25);1H. The highest BCUT2D eigenvalue weighted by Crippen LogP contribution is 2.52. The quantitative estimate of drug-likeness (QED) is 0.187. The van der Waals surface area contributed by atoms with Crippen molar-refractivity contribution in [3.05, 3.63) is 47.5 Å². The van der Waals surface area contributed by atoms with Gasteiger partial charge in [0.1, 0.15) is 0 Å². The summed E-state index contributed by atoms with van der Waals surface area (Å²) in [5.41, 5.74) is 2.25. The fourth-order valence-corrected chi connectivity index (χ4v) is 4.87. The summed E-state index contributed by atoms with van der Waals surface area (Å²) >= 11 is 0. The zero-order valence-corrected chi connectivity index (χ0v) is 19.7. The molecule has 4 rings (SSSR count). The van der Waals surface area contributed by atoms with E-state index in [9.17, 15) is 9.59 Å². The lowest BCUT2D eigenvalue weighted by atomic mass is 9.85. The number of amides is 2. The summed E-state index contributed by atoms with van der Waals surface area (Å²) in [6.45, 7) is 2.05. The van der Waals surface area contributed by atoms with Crippen molar-refractivity contribution in [3.63, 3.8) is 0 Å². The maximum Gasteiger partial charge on any atom is 0.233 e. The van der Waals surface area contributed by atoms with Gasteiger partial charge in [-0.2, -0.15) is 0 Å². The van der Waals surface area contributed by atoms with Gasteiger partial charge in [-0.15, -0.1) is 24.0 Å². The highest BCUT2D eigenvalue weighted by Gasteiger charge is 2.58. The highest BCUT2D eigenvalue weighted by molar-refractivity contribution is 14.0. The summed E-state index contributed by atoms with van der Waals surface area (Å²) in [7, 11) is 3.39. The molecule has 3 aliphatic rings. The molecule has 0 spiro atoms. The van der Waals surface area contributed by atoms with Crippen LogP contribution in [0.15, 0.2) is 41.4 Å². The summed E-state index contributed by atoms with van der Waals surface area (Å²) in [5, 5.41) is 6.47. The van der Waals surface area contributed by atoms with Gasteiger partial charge in [0, 0.05) is 33.8 Å². The first-order valence-corrected chi connectivity index (χ1v) is 10.2. The number of carbonyl (C=O) groups excluding carboxylic acids is 2. The molecule has 4 unspecified atom stereocenters. The Morgan fingerprint density at radius 2 is 1.80 bits per heavy atom. The third-order valence-corrected chi connectivity index (χ3v) is 6.18. The van der Waals surface area contributed by atoms with E-state index in [4.69, 9.17) is 4.74 Å². The van der Waals surface area contributed by atoms with Gasteiger partial charge in [-0.25, -0.2) is 0 Å². The maximum absolute atomic E-state index is 12.7. The zero-order chi connectivity index (χ0) is 20.4. The van der Waals surface area contributed by atoms with Gasteiger partial charge in [-0.3, -0.25) is 19.5 Å². The number of nitrogens with zero attached hydrogens (tertiary/aromatic N) is 2. The number of ether oxygens (including phenoxy) is 1. The van der Waals surface area contributed by atoms with Gasteiger partial charge in [-0.1, -0.05) is 36.4 Å². The van der Waals surface area contributed by atoms with Crippen LogP contribution in [0.5, 0.6) is 0 Å². The smallest absolute Gasteiger partial charge is 0.233 e. The topological polar surface area (TPSA) is 83.0 Å². The number of nitrogens with one attached hydrogen (secondary N) is 2. The van der Waals surface area contributed by atoms with E-state index in [1.807, 2.05) is 18.2 Å². The maximum atomic E-state index is 12.7. The summed E-state index contributed by atoms with van der Waals surface area (Å²) in [6, 6.07) is 8.17. The van der Waals surface area contributed by atoms with Gasteiger partial charge in [0.05, 0.1) is 18.4 Å². The normalized spacial score (nSPS) is 26.7. The van der Waals surface area contributed by atoms with E-state index in [0.29, 0.717) is 32.2 Å². The Morgan fingerprint density at radius 1 is 1.13 bits per heavy atom. The van der Waals surface area contributed by atoms with Crippen molar-refractivity contribution < 1.29 is 14.3 Å². The number of halogens is 1. The number of aliphatic imine (C=N–C) groups is 1. The fraction of sp³-hybridized carbons (Fsp3) is 0.500.